The van der Waals surface area contributed by atoms with E-state index in [0.717, 1.165) is 0 Å². The van der Waals surface area contributed by atoms with Gasteiger partial charge < -0.3 is 4.42 Å². The lowest BCUT2D eigenvalue weighted by molar-refractivity contribution is -0.384. The molecule has 0 atom stereocenters. The van der Waals surface area contributed by atoms with Crippen LogP contribution in [0.15, 0.2) is 39.7 Å². The highest BCUT2D eigenvalue weighted by Crippen LogP contribution is 2.22. The van der Waals surface area contributed by atoms with E-state index >= 15 is 0 Å². The standard InChI is InChI=1S/C11H10N2O4/c1-2-12-7-10(17-11(12)14)8-4-3-5-9(6-8)13(15)16/h3-7H,2H2,1H3. The molecule has 88 valence electrons. The first-order chi connectivity index (χ1) is 8.11. The number of aryl methyl sites for hydroxylation is 1. The van der Waals surface area contributed by atoms with Crippen LogP contribution in [0.3, 0.4) is 0 Å². The van der Waals surface area contributed by atoms with Crippen LogP contribution in [0.25, 0.3) is 11.3 Å². The smallest absolute Gasteiger partial charge is 0.408 e. The molecule has 0 aliphatic heterocycles. The van der Waals surface area contributed by atoms with Gasteiger partial charge in [0.2, 0.25) is 0 Å². The van der Waals surface area contributed by atoms with Gasteiger partial charge >= 0.3 is 5.76 Å². The number of benzene rings is 1. The van der Waals surface area contributed by atoms with Crippen LogP contribution < -0.4 is 5.76 Å². The van der Waals surface area contributed by atoms with Crippen molar-refractivity contribution in [2.75, 3.05) is 0 Å². The molecular formula is C11H10N2O4. The topological polar surface area (TPSA) is 78.3 Å². The van der Waals surface area contributed by atoms with Crippen molar-refractivity contribution in [1.82, 2.24) is 4.57 Å². The minimum atomic E-state index is -0.488. The largest absolute Gasteiger partial charge is 0.419 e. The SMILES string of the molecule is CCn1cc(-c2cccc([N+](=O)[O-])c2)oc1=O. The van der Waals surface area contributed by atoms with Gasteiger partial charge in [-0.05, 0) is 6.92 Å². The van der Waals surface area contributed by atoms with Gasteiger partial charge in [0, 0.05) is 24.2 Å². The summed E-state index contributed by atoms with van der Waals surface area (Å²) in [5, 5.41) is 10.6. The summed E-state index contributed by atoms with van der Waals surface area (Å²) in [4.78, 5) is 21.5. The quantitative estimate of drug-likeness (QED) is 0.601. The molecule has 2 aromatic rings. The van der Waals surface area contributed by atoms with Gasteiger partial charge in [0.05, 0.1) is 11.1 Å². The molecule has 1 heterocycles. The van der Waals surface area contributed by atoms with Crippen LogP contribution in [0.2, 0.25) is 0 Å². The van der Waals surface area contributed by atoms with E-state index in [1.165, 1.54) is 16.7 Å². The second-order valence-electron chi connectivity index (χ2n) is 3.45. The van der Waals surface area contributed by atoms with E-state index in [2.05, 4.69) is 0 Å². The summed E-state index contributed by atoms with van der Waals surface area (Å²) in [5.74, 6) is -0.130. The Labute approximate surface area is 96.3 Å². The molecule has 17 heavy (non-hydrogen) atoms. The molecular weight excluding hydrogens is 224 g/mol. The summed E-state index contributed by atoms with van der Waals surface area (Å²) >= 11 is 0. The monoisotopic (exact) mass is 234 g/mol. The second-order valence-corrected chi connectivity index (χ2v) is 3.45. The fraction of sp³-hybridized carbons (Fsp3) is 0.182. The van der Waals surface area contributed by atoms with Crippen molar-refractivity contribution in [2.45, 2.75) is 13.5 Å². The van der Waals surface area contributed by atoms with Crippen LogP contribution >= 0.6 is 0 Å². The van der Waals surface area contributed by atoms with Gasteiger partial charge in [0.25, 0.3) is 5.69 Å². The molecule has 1 aromatic carbocycles. The number of oxazole rings is 1. The molecule has 0 amide bonds. The maximum Gasteiger partial charge on any atom is 0.419 e. The van der Waals surface area contributed by atoms with Gasteiger partial charge in [-0.3, -0.25) is 14.7 Å². The highest BCUT2D eigenvalue weighted by atomic mass is 16.6. The minimum Gasteiger partial charge on any atom is -0.408 e. The van der Waals surface area contributed by atoms with E-state index in [1.54, 1.807) is 18.3 Å². The van der Waals surface area contributed by atoms with Crippen LogP contribution in [0.5, 0.6) is 0 Å². The average Bonchev–Trinajstić information content (AvgIpc) is 2.71. The molecule has 0 spiro atoms. The van der Waals surface area contributed by atoms with E-state index in [1.807, 2.05) is 6.92 Å². The molecule has 0 radical (unpaired) electrons. The second kappa shape index (κ2) is 4.25. The molecule has 0 aliphatic rings. The van der Waals surface area contributed by atoms with Crippen molar-refractivity contribution in [3.8, 4) is 11.3 Å². The van der Waals surface area contributed by atoms with Gasteiger partial charge in [-0.1, -0.05) is 12.1 Å². The van der Waals surface area contributed by atoms with Crippen molar-refractivity contribution in [1.29, 1.82) is 0 Å². The lowest BCUT2D eigenvalue weighted by atomic mass is 10.1. The fourth-order valence-corrected chi connectivity index (χ4v) is 1.50. The van der Waals surface area contributed by atoms with Gasteiger partial charge in [0.15, 0.2) is 5.76 Å². The summed E-state index contributed by atoms with van der Waals surface area (Å²) in [6.45, 7) is 2.31. The average molecular weight is 234 g/mol. The third kappa shape index (κ3) is 2.10. The number of hydrogen-bond acceptors (Lipinski definition) is 4. The first-order valence-electron chi connectivity index (χ1n) is 5.07. The predicted molar refractivity (Wildman–Crippen MR) is 60.7 cm³/mol. The first-order valence-corrected chi connectivity index (χ1v) is 5.07. The first kappa shape index (κ1) is 11.1. The summed E-state index contributed by atoms with van der Waals surface area (Å²) in [6.07, 6.45) is 1.54. The molecule has 6 nitrogen and oxygen atoms in total. The molecule has 0 bridgehead atoms. The van der Waals surface area contributed by atoms with Crippen molar-refractivity contribution in [2.24, 2.45) is 0 Å². The summed E-state index contributed by atoms with van der Waals surface area (Å²) in [5.41, 5.74) is 0.484. The van der Waals surface area contributed by atoms with E-state index in [-0.39, 0.29) is 5.69 Å². The van der Waals surface area contributed by atoms with E-state index < -0.39 is 10.7 Å². The third-order valence-corrected chi connectivity index (χ3v) is 2.39. The normalized spacial score (nSPS) is 10.4. The molecule has 0 aliphatic carbocycles. The van der Waals surface area contributed by atoms with Gasteiger partial charge in [0.1, 0.15) is 0 Å². The number of non-ortho nitro benzene ring substituents is 1. The van der Waals surface area contributed by atoms with Crippen LogP contribution in [0.1, 0.15) is 6.92 Å². The maximum absolute atomic E-state index is 11.3. The maximum atomic E-state index is 11.3. The minimum absolute atomic E-state index is 0.0330. The molecule has 0 saturated carbocycles. The van der Waals surface area contributed by atoms with Crippen molar-refractivity contribution in [3.05, 3.63) is 51.1 Å². The zero-order chi connectivity index (χ0) is 12.4. The molecule has 0 unspecified atom stereocenters. The van der Waals surface area contributed by atoms with Crippen molar-refractivity contribution >= 4 is 5.69 Å². The van der Waals surface area contributed by atoms with E-state index in [0.29, 0.717) is 17.9 Å². The van der Waals surface area contributed by atoms with Crippen molar-refractivity contribution < 1.29 is 9.34 Å². The van der Waals surface area contributed by atoms with Crippen LogP contribution in [0, 0.1) is 10.1 Å². The highest BCUT2D eigenvalue weighted by Gasteiger charge is 2.11. The van der Waals surface area contributed by atoms with Crippen LogP contribution in [0.4, 0.5) is 5.69 Å². The molecule has 1 aromatic heterocycles. The Bertz CT molecular complexity index is 612. The Morgan fingerprint density at radius 1 is 1.47 bits per heavy atom. The Morgan fingerprint density at radius 2 is 2.24 bits per heavy atom. The zero-order valence-electron chi connectivity index (χ0n) is 9.12. The summed E-state index contributed by atoms with van der Waals surface area (Å²) < 4.78 is 6.41. The Hall–Kier alpha value is -2.37. The highest BCUT2D eigenvalue weighted by molar-refractivity contribution is 5.60. The number of aromatic nitrogens is 1. The molecule has 2 rings (SSSR count). The van der Waals surface area contributed by atoms with Crippen molar-refractivity contribution in [3.63, 3.8) is 0 Å². The molecule has 0 saturated heterocycles. The number of nitrogens with zero attached hydrogens (tertiary/aromatic N) is 2. The number of nitro benzene ring substituents is 1. The predicted octanol–water partition coefficient (Wildman–Crippen LogP) is 2.04. The van der Waals surface area contributed by atoms with Gasteiger partial charge in [-0.2, -0.15) is 0 Å². The number of rotatable bonds is 3. The van der Waals surface area contributed by atoms with Crippen LogP contribution in [-0.2, 0) is 6.54 Å². The third-order valence-electron chi connectivity index (χ3n) is 2.39. The lowest BCUT2D eigenvalue weighted by Gasteiger charge is -1.95. The fourth-order valence-electron chi connectivity index (χ4n) is 1.50. The number of hydrogen-bond donors (Lipinski definition) is 0. The van der Waals surface area contributed by atoms with E-state index in [4.69, 9.17) is 4.42 Å². The molecule has 0 N–H and O–H groups in total. The Balaban J connectivity index is 2.49. The zero-order valence-corrected chi connectivity index (χ0v) is 9.12. The van der Waals surface area contributed by atoms with Crippen LogP contribution in [-0.4, -0.2) is 9.49 Å². The molecule has 0 fully saturated rings. The lowest BCUT2D eigenvalue weighted by Crippen LogP contribution is -2.10. The Morgan fingerprint density at radius 3 is 2.82 bits per heavy atom. The Kier molecular flexibility index (Phi) is 2.78. The summed E-state index contributed by atoms with van der Waals surface area (Å²) in [6, 6.07) is 5.97. The van der Waals surface area contributed by atoms with E-state index in [9.17, 15) is 14.9 Å². The van der Waals surface area contributed by atoms with Gasteiger partial charge in [-0.25, -0.2) is 4.79 Å². The van der Waals surface area contributed by atoms with Gasteiger partial charge in [-0.15, -0.1) is 0 Å². The number of nitro groups is 1. The molecule has 6 heteroatoms. The summed E-state index contributed by atoms with van der Waals surface area (Å²) in [7, 11) is 0.